The minimum absolute atomic E-state index is 0.122. The molecule has 1 aromatic rings. The molecule has 0 fully saturated rings. The van der Waals surface area contributed by atoms with Gasteiger partial charge < -0.3 is 15.1 Å². The highest BCUT2D eigenvalue weighted by atomic mass is 16.2. The van der Waals surface area contributed by atoms with Crippen LogP contribution < -0.4 is 5.32 Å². The van der Waals surface area contributed by atoms with Crippen molar-refractivity contribution < 1.29 is 4.79 Å². The maximum absolute atomic E-state index is 12.5. The van der Waals surface area contributed by atoms with Gasteiger partial charge >= 0.3 is 0 Å². The Balaban J connectivity index is 2.72. The summed E-state index contributed by atoms with van der Waals surface area (Å²) in [5.74, 6) is 0.122. The van der Waals surface area contributed by atoms with Gasteiger partial charge in [0.25, 0.3) is 5.91 Å². The van der Waals surface area contributed by atoms with Gasteiger partial charge in [-0.25, -0.2) is 0 Å². The molecule has 4 nitrogen and oxygen atoms in total. The third-order valence-electron chi connectivity index (χ3n) is 3.44. The first-order valence-corrected chi connectivity index (χ1v) is 7.22. The van der Waals surface area contributed by atoms with Gasteiger partial charge in [-0.1, -0.05) is 0 Å². The molecule has 0 heterocycles. The number of amides is 1. The molecule has 1 N–H and O–H groups in total. The molecule has 0 aliphatic heterocycles. The summed E-state index contributed by atoms with van der Waals surface area (Å²) in [5.41, 5.74) is 2.94. The molecule has 0 saturated carbocycles. The van der Waals surface area contributed by atoms with E-state index in [2.05, 4.69) is 24.3 Å². The largest absolute Gasteiger partial charge is 0.388 e. The Morgan fingerprint density at radius 3 is 2.45 bits per heavy atom. The fourth-order valence-corrected chi connectivity index (χ4v) is 2.24. The smallest absolute Gasteiger partial charge is 0.253 e. The average molecular weight is 277 g/mol. The van der Waals surface area contributed by atoms with Crippen LogP contribution in [-0.4, -0.2) is 56.5 Å². The van der Waals surface area contributed by atoms with Crippen LogP contribution in [0, 0.1) is 6.92 Å². The Labute approximate surface area is 122 Å². The van der Waals surface area contributed by atoms with Gasteiger partial charge in [0.1, 0.15) is 0 Å². The van der Waals surface area contributed by atoms with Crippen LogP contribution in [-0.2, 0) is 0 Å². The highest BCUT2D eigenvalue weighted by molar-refractivity contribution is 5.94. The van der Waals surface area contributed by atoms with Crippen LogP contribution in [0.4, 0.5) is 5.69 Å². The Morgan fingerprint density at radius 1 is 1.25 bits per heavy atom. The van der Waals surface area contributed by atoms with Gasteiger partial charge in [0.05, 0.1) is 0 Å². The van der Waals surface area contributed by atoms with E-state index in [-0.39, 0.29) is 5.91 Å². The van der Waals surface area contributed by atoms with Crippen LogP contribution in [0.25, 0.3) is 0 Å². The van der Waals surface area contributed by atoms with Gasteiger partial charge in [0.2, 0.25) is 0 Å². The van der Waals surface area contributed by atoms with Gasteiger partial charge in [-0.3, -0.25) is 4.79 Å². The zero-order valence-corrected chi connectivity index (χ0v) is 13.4. The van der Waals surface area contributed by atoms with Crippen molar-refractivity contribution in [2.75, 3.05) is 46.1 Å². The van der Waals surface area contributed by atoms with E-state index in [1.165, 1.54) is 0 Å². The SMILES string of the molecule is CCN(CCCN(C)C)C(=O)c1ccc(NC)c(C)c1. The predicted molar refractivity (Wildman–Crippen MR) is 85.5 cm³/mol. The lowest BCUT2D eigenvalue weighted by Crippen LogP contribution is -2.33. The van der Waals surface area contributed by atoms with E-state index in [0.717, 1.165) is 42.9 Å². The lowest BCUT2D eigenvalue weighted by molar-refractivity contribution is 0.0759. The molecular weight excluding hydrogens is 250 g/mol. The lowest BCUT2D eigenvalue weighted by Gasteiger charge is -2.22. The summed E-state index contributed by atoms with van der Waals surface area (Å²) in [5, 5.41) is 3.12. The summed E-state index contributed by atoms with van der Waals surface area (Å²) < 4.78 is 0. The summed E-state index contributed by atoms with van der Waals surface area (Å²) in [4.78, 5) is 16.6. The minimum atomic E-state index is 0.122. The quantitative estimate of drug-likeness (QED) is 0.831. The van der Waals surface area contributed by atoms with Crippen molar-refractivity contribution in [3.63, 3.8) is 0 Å². The van der Waals surface area contributed by atoms with E-state index in [9.17, 15) is 4.79 Å². The van der Waals surface area contributed by atoms with Crippen LogP contribution in [0.3, 0.4) is 0 Å². The van der Waals surface area contributed by atoms with Gasteiger partial charge in [-0.05, 0) is 64.7 Å². The number of nitrogens with zero attached hydrogens (tertiary/aromatic N) is 2. The third kappa shape index (κ3) is 4.53. The Hall–Kier alpha value is -1.55. The summed E-state index contributed by atoms with van der Waals surface area (Å²) in [7, 11) is 6.00. The molecule has 112 valence electrons. The summed E-state index contributed by atoms with van der Waals surface area (Å²) in [6.07, 6.45) is 1.00. The molecule has 0 atom stereocenters. The molecule has 20 heavy (non-hydrogen) atoms. The number of aryl methyl sites for hydroxylation is 1. The highest BCUT2D eigenvalue weighted by Gasteiger charge is 2.14. The first-order chi connectivity index (χ1) is 9.49. The van der Waals surface area contributed by atoms with Gasteiger partial charge in [-0.15, -0.1) is 0 Å². The molecule has 0 radical (unpaired) electrons. The van der Waals surface area contributed by atoms with Crippen LogP contribution >= 0.6 is 0 Å². The van der Waals surface area contributed by atoms with Crippen molar-refractivity contribution in [3.8, 4) is 0 Å². The van der Waals surface area contributed by atoms with Crippen molar-refractivity contribution in [1.29, 1.82) is 0 Å². The molecule has 1 amide bonds. The van der Waals surface area contributed by atoms with E-state index >= 15 is 0 Å². The fraction of sp³-hybridized carbons (Fsp3) is 0.562. The van der Waals surface area contributed by atoms with Gasteiger partial charge in [0.15, 0.2) is 0 Å². The number of nitrogens with one attached hydrogen (secondary N) is 1. The van der Waals surface area contributed by atoms with E-state index < -0.39 is 0 Å². The van der Waals surface area contributed by atoms with Crippen LogP contribution in [0.2, 0.25) is 0 Å². The third-order valence-corrected chi connectivity index (χ3v) is 3.44. The molecule has 0 aromatic heterocycles. The van der Waals surface area contributed by atoms with E-state index in [4.69, 9.17) is 0 Å². The Bertz CT molecular complexity index is 443. The number of hydrogen-bond donors (Lipinski definition) is 1. The number of carbonyl (C=O) groups excluding carboxylic acids is 1. The molecule has 0 unspecified atom stereocenters. The average Bonchev–Trinajstić information content (AvgIpc) is 2.42. The summed E-state index contributed by atoms with van der Waals surface area (Å²) in [6, 6.07) is 5.83. The zero-order valence-electron chi connectivity index (χ0n) is 13.4. The van der Waals surface area contributed by atoms with Crippen molar-refractivity contribution >= 4 is 11.6 Å². The molecule has 0 spiro atoms. The number of carbonyl (C=O) groups is 1. The van der Waals surface area contributed by atoms with Crippen molar-refractivity contribution in [1.82, 2.24) is 9.80 Å². The van der Waals surface area contributed by atoms with E-state index in [1.54, 1.807) is 0 Å². The number of hydrogen-bond acceptors (Lipinski definition) is 3. The molecule has 1 rings (SSSR count). The minimum Gasteiger partial charge on any atom is -0.388 e. The lowest BCUT2D eigenvalue weighted by atomic mass is 10.1. The Kier molecular flexibility index (Phi) is 6.52. The number of anilines is 1. The first kappa shape index (κ1) is 16.5. The number of rotatable bonds is 7. The van der Waals surface area contributed by atoms with E-state index in [0.29, 0.717) is 0 Å². The molecule has 1 aromatic carbocycles. The van der Waals surface area contributed by atoms with Crippen LogP contribution in [0.5, 0.6) is 0 Å². The molecule has 0 aliphatic rings. The second-order valence-electron chi connectivity index (χ2n) is 5.32. The first-order valence-electron chi connectivity index (χ1n) is 7.22. The van der Waals surface area contributed by atoms with Gasteiger partial charge in [0, 0.05) is 31.4 Å². The second-order valence-corrected chi connectivity index (χ2v) is 5.32. The van der Waals surface area contributed by atoms with Crippen molar-refractivity contribution in [2.24, 2.45) is 0 Å². The monoisotopic (exact) mass is 277 g/mol. The van der Waals surface area contributed by atoms with Gasteiger partial charge in [-0.2, -0.15) is 0 Å². The normalized spacial score (nSPS) is 10.7. The molecule has 0 bridgehead atoms. The van der Waals surface area contributed by atoms with E-state index in [1.807, 2.05) is 44.0 Å². The Morgan fingerprint density at radius 2 is 1.95 bits per heavy atom. The maximum atomic E-state index is 12.5. The van der Waals surface area contributed by atoms with Crippen LogP contribution in [0.1, 0.15) is 29.3 Å². The fourth-order valence-electron chi connectivity index (χ4n) is 2.24. The molecule has 0 saturated heterocycles. The topological polar surface area (TPSA) is 35.6 Å². The van der Waals surface area contributed by atoms with Crippen molar-refractivity contribution in [3.05, 3.63) is 29.3 Å². The van der Waals surface area contributed by atoms with Crippen molar-refractivity contribution in [2.45, 2.75) is 20.3 Å². The zero-order chi connectivity index (χ0) is 15.1. The molecular formula is C16H27N3O. The maximum Gasteiger partial charge on any atom is 0.253 e. The number of benzene rings is 1. The summed E-state index contributed by atoms with van der Waals surface area (Å²) in [6.45, 7) is 6.61. The summed E-state index contributed by atoms with van der Waals surface area (Å²) >= 11 is 0. The predicted octanol–water partition coefficient (Wildman–Crippen LogP) is 2.45. The molecule has 4 heteroatoms. The highest BCUT2D eigenvalue weighted by Crippen LogP contribution is 2.17. The second kappa shape index (κ2) is 7.90. The standard InChI is InChI=1S/C16H27N3O/c1-6-19(11-7-10-18(4)5)16(20)14-8-9-15(17-3)13(2)12-14/h8-9,12,17H,6-7,10-11H2,1-5H3. The molecule has 0 aliphatic carbocycles. The van der Waals surface area contributed by atoms with Crippen LogP contribution in [0.15, 0.2) is 18.2 Å².